The zero-order valence-electron chi connectivity index (χ0n) is 34.7. The minimum Gasteiger partial charge on any atom is -0.456 e. The van der Waals surface area contributed by atoms with E-state index in [4.69, 9.17) is 7.16 Å². The van der Waals surface area contributed by atoms with Crippen LogP contribution < -0.4 is 0 Å². The molecule has 0 N–H and O–H groups in total. The summed E-state index contributed by atoms with van der Waals surface area (Å²) in [5.41, 5.74) is 2.37. The third kappa shape index (κ3) is 4.24. The second-order valence-corrected chi connectivity index (χ2v) is 10.8. The van der Waals surface area contributed by atoms with Crippen molar-refractivity contribution in [2.75, 3.05) is 0 Å². The molecule has 1 aromatic heterocycles. The Morgan fingerprint density at radius 1 is 0.356 bits per heavy atom. The summed E-state index contributed by atoms with van der Waals surface area (Å²) in [4.78, 5) is 0. The third-order valence-electron chi connectivity index (χ3n) is 8.17. The van der Waals surface area contributed by atoms with Gasteiger partial charge in [-0.1, -0.05) is 145 Å². The predicted octanol–water partition coefficient (Wildman–Crippen LogP) is 12.6. The summed E-state index contributed by atoms with van der Waals surface area (Å²) >= 11 is 0. The smallest absolute Gasteiger partial charge is 0.135 e. The van der Waals surface area contributed by atoms with Gasteiger partial charge in [0.25, 0.3) is 0 Å². The minimum absolute atomic E-state index is 0.00311. The maximum Gasteiger partial charge on any atom is 0.135 e. The normalized spacial score (nSPS) is 15.0. The number of para-hydroxylation sites is 1. The van der Waals surface area contributed by atoms with E-state index in [1.807, 2.05) is 24.3 Å². The second-order valence-electron chi connectivity index (χ2n) is 10.8. The molecule has 0 fully saturated rings. The average Bonchev–Trinajstić information content (AvgIpc) is 3.59. The van der Waals surface area contributed by atoms with E-state index in [1.165, 1.54) is 0 Å². The van der Waals surface area contributed by atoms with Gasteiger partial charge in [-0.3, -0.25) is 0 Å². The monoisotopic (exact) mass is 583 g/mol. The van der Waals surface area contributed by atoms with Crippen LogP contribution in [0.1, 0.15) is 15.1 Å². The van der Waals surface area contributed by atoms with Gasteiger partial charge in [-0.15, -0.1) is 0 Å². The molecule has 0 saturated carbocycles. The molecular weight excluding hydrogens is 544 g/mol. The predicted molar refractivity (Wildman–Crippen MR) is 190 cm³/mol. The Morgan fingerprint density at radius 3 is 1.64 bits per heavy atom. The van der Waals surface area contributed by atoms with E-state index >= 15 is 0 Å². The molecule has 0 aliphatic heterocycles. The Labute approximate surface area is 277 Å². The first-order valence-corrected chi connectivity index (χ1v) is 14.5. The number of benzene rings is 8. The van der Waals surface area contributed by atoms with E-state index in [1.54, 1.807) is 78.9 Å². The summed E-state index contributed by atoms with van der Waals surface area (Å²) in [5.74, 6) is 0. The van der Waals surface area contributed by atoms with Crippen molar-refractivity contribution in [3.8, 4) is 44.5 Å². The first-order chi connectivity index (χ1) is 26.9. The number of hydrogen-bond donors (Lipinski definition) is 0. The maximum absolute atomic E-state index is 9.87. The highest BCUT2D eigenvalue weighted by atomic mass is 16.3. The van der Waals surface area contributed by atoms with Gasteiger partial charge < -0.3 is 4.42 Å². The highest BCUT2D eigenvalue weighted by molar-refractivity contribution is 6.22. The van der Waals surface area contributed by atoms with Crippen LogP contribution in [-0.2, 0) is 0 Å². The first kappa shape index (κ1) is 16.8. The summed E-state index contributed by atoms with van der Waals surface area (Å²) in [6, 6.07) is 25.1. The SMILES string of the molecule is [2H]c1c([2H])c(-c2c3c([2H])c([2H])c([2H])c([2H])c3c(-c3ccc4oc5ccccc5c4c3)c3c([2H])c([2H])c(-c4ccccc4)c([2H])c23)c([2H])c([2H])c1-c1ccccc1. The third-order valence-corrected chi connectivity index (χ3v) is 8.17. The van der Waals surface area contributed by atoms with Crippen molar-refractivity contribution in [2.24, 2.45) is 0 Å². The van der Waals surface area contributed by atoms with Gasteiger partial charge in [0.15, 0.2) is 0 Å². The van der Waals surface area contributed by atoms with E-state index in [0.29, 0.717) is 33.2 Å². The quantitative estimate of drug-likeness (QED) is 0.188. The van der Waals surface area contributed by atoms with Crippen LogP contribution in [0.5, 0.6) is 0 Å². The molecule has 45 heavy (non-hydrogen) atoms. The van der Waals surface area contributed by atoms with Crippen molar-refractivity contribution in [1.29, 1.82) is 0 Å². The van der Waals surface area contributed by atoms with Crippen molar-refractivity contribution in [1.82, 2.24) is 0 Å². The van der Waals surface area contributed by atoms with Crippen LogP contribution in [0, 0.1) is 0 Å². The van der Waals surface area contributed by atoms with E-state index in [9.17, 15) is 12.3 Å². The molecule has 0 aliphatic carbocycles. The highest BCUT2D eigenvalue weighted by Gasteiger charge is 2.19. The zero-order valence-corrected chi connectivity index (χ0v) is 23.7. The fraction of sp³-hybridized carbons (Fsp3) is 0. The van der Waals surface area contributed by atoms with Gasteiger partial charge in [-0.25, -0.2) is 0 Å². The van der Waals surface area contributed by atoms with Crippen LogP contribution in [0.3, 0.4) is 0 Å². The van der Waals surface area contributed by atoms with Gasteiger partial charge in [0.05, 0.1) is 15.1 Å². The molecule has 9 rings (SSSR count). The lowest BCUT2D eigenvalue weighted by Crippen LogP contribution is -1.92. The van der Waals surface area contributed by atoms with Crippen LogP contribution in [0.4, 0.5) is 0 Å². The molecule has 8 aromatic carbocycles. The number of hydrogen-bond acceptors (Lipinski definition) is 1. The van der Waals surface area contributed by atoms with Crippen LogP contribution >= 0.6 is 0 Å². The Hall–Kier alpha value is -5.92. The minimum atomic E-state index is -0.598. The Morgan fingerprint density at radius 2 is 0.911 bits per heavy atom. The van der Waals surface area contributed by atoms with E-state index in [0.717, 1.165) is 5.39 Å². The van der Waals surface area contributed by atoms with Gasteiger partial charge in [0.2, 0.25) is 0 Å². The van der Waals surface area contributed by atoms with Crippen molar-refractivity contribution in [2.45, 2.75) is 0 Å². The van der Waals surface area contributed by atoms with Crippen molar-refractivity contribution in [3.63, 3.8) is 0 Å². The summed E-state index contributed by atoms with van der Waals surface area (Å²) in [6.07, 6.45) is 0. The number of rotatable bonds is 4. The molecule has 1 heterocycles. The van der Waals surface area contributed by atoms with Gasteiger partial charge in [-0.2, -0.15) is 0 Å². The summed E-state index contributed by atoms with van der Waals surface area (Å²) in [5, 5.41) is 1.28. The van der Waals surface area contributed by atoms with Crippen LogP contribution in [0.2, 0.25) is 0 Å². The lowest BCUT2D eigenvalue weighted by atomic mass is 9.84. The zero-order chi connectivity index (χ0) is 39.3. The highest BCUT2D eigenvalue weighted by Crippen LogP contribution is 2.46. The molecule has 0 saturated heterocycles. The van der Waals surface area contributed by atoms with E-state index in [2.05, 4.69) is 0 Å². The van der Waals surface area contributed by atoms with Gasteiger partial charge in [0, 0.05) is 10.8 Å². The van der Waals surface area contributed by atoms with Gasteiger partial charge >= 0.3 is 0 Å². The summed E-state index contributed by atoms with van der Waals surface area (Å²) < 4.78 is 109. The lowest BCUT2D eigenvalue weighted by Gasteiger charge is -2.19. The molecule has 0 amide bonds. The molecule has 9 aromatic rings. The van der Waals surface area contributed by atoms with Gasteiger partial charge in [0.1, 0.15) is 11.2 Å². The Balaban J connectivity index is 1.57. The van der Waals surface area contributed by atoms with E-state index in [-0.39, 0.29) is 79.6 Å². The van der Waals surface area contributed by atoms with Crippen LogP contribution in [0.25, 0.3) is 88.0 Å². The summed E-state index contributed by atoms with van der Waals surface area (Å²) in [7, 11) is 0. The topological polar surface area (TPSA) is 13.1 Å². The Kier molecular flexibility index (Phi) is 3.87. The van der Waals surface area contributed by atoms with Crippen molar-refractivity contribution in [3.05, 3.63) is 170 Å². The average molecular weight is 584 g/mol. The molecule has 0 unspecified atom stereocenters. The number of furan rings is 1. The molecule has 0 spiro atoms. The standard InChI is InChI=1S/C44H28O/c1-3-11-29(12-4-1)31-19-21-32(22-20-31)43-36-16-7-8-17-37(36)44(38-25-23-33(27-40(38)43)30-13-5-2-6-14-30)34-24-26-42-39(28-34)35-15-9-10-18-41(35)45-42/h1-28H/i7D,8D,16D,17D,19D,20D,21D,22D,23D,25D,27D. The molecule has 0 radical (unpaired) electrons. The summed E-state index contributed by atoms with van der Waals surface area (Å²) in [6.45, 7) is 0. The largest absolute Gasteiger partial charge is 0.456 e. The van der Waals surface area contributed by atoms with Crippen molar-refractivity contribution < 1.29 is 19.5 Å². The molecule has 210 valence electrons. The Bertz CT molecular complexity index is 3110. The number of fused-ring (bicyclic) bond motifs is 5. The van der Waals surface area contributed by atoms with Crippen LogP contribution in [-0.4, -0.2) is 0 Å². The molecule has 1 nitrogen and oxygen atoms in total. The fourth-order valence-electron chi connectivity index (χ4n) is 6.07. The van der Waals surface area contributed by atoms with Gasteiger partial charge in [-0.05, 0) is 90.3 Å². The maximum atomic E-state index is 9.87. The first-order valence-electron chi connectivity index (χ1n) is 20.0. The lowest BCUT2D eigenvalue weighted by molar-refractivity contribution is 0.669. The second kappa shape index (κ2) is 10.4. The molecular formula is C44H28O. The van der Waals surface area contributed by atoms with E-state index < -0.39 is 36.3 Å². The van der Waals surface area contributed by atoms with Crippen LogP contribution in [0.15, 0.2) is 174 Å². The fourth-order valence-corrected chi connectivity index (χ4v) is 6.07. The molecule has 0 aliphatic rings. The molecule has 1 heteroatoms. The molecule has 0 atom stereocenters. The van der Waals surface area contributed by atoms with Crippen molar-refractivity contribution >= 4 is 43.5 Å². The molecule has 0 bridgehead atoms.